The molecule has 2 saturated carbocycles. The maximum Gasteiger partial charge on any atom is -0.0162 e. The van der Waals surface area contributed by atoms with Crippen LogP contribution < -0.4 is 0 Å². The maximum absolute atomic E-state index is 2.40. The van der Waals surface area contributed by atoms with Crippen LogP contribution in [-0.4, -0.2) is 0 Å². The highest BCUT2D eigenvalue weighted by molar-refractivity contribution is 5.64. The van der Waals surface area contributed by atoms with E-state index in [-0.39, 0.29) is 0 Å². The molecule has 2 aromatic rings. The van der Waals surface area contributed by atoms with E-state index in [1.54, 1.807) is 11.1 Å². The molecule has 2 aliphatic carbocycles. The number of hydrogen-bond acceptors (Lipinski definition) is 0. The van der Waals surface area contributed by atoms with Gasteiger partial charge in [-0.3, -0.25) is 0 Å². The standard InChI is InChI=1S/C26H34.2C2H6/c1-19-3-7-21(8-4-19)23-11-15-25(16-12-23)26-17-13-24(14-18-26)22-9-5-20(2)6-10-22;2*1-2/h11-22H,3-10H2,1-2H3;2*1-2H3. The quantitative estimate of drug-likeness (QED) is 0.475. The van der Waals surface area contributed by atoms with Crippen molar-refractivity contribution in [2.75, 3.05) is 0 Å². The summed E-state index contributed by atoms with van der Waals surface area (Å²) in [6.07, 6.45) is 11.1. The molecule has 0 heterocycles. The van der Waals surface area contributed by atoms with E-state index in [4.69, 9.17) is 0 Å². The normalized spacial score (nSPS) is 25.9. The molecular formula is C30H46. The van der Waals surface area contributed by atoms with Gasteiger partial charge in [-0.05, 0) is 71.6 Å². The third-order valence-corrected chi connectivity index (χ3v) is 7.13. The average Bonchev–Trinajstić information content (AvgIpc) is 2.83. The first-order chi connectivity index (χ1) is 14.7. The van der Waals surface area contributed by atoms with Gasteiger partial charge in [0.25, 0.3) is 0 Å². The summed E-state index contributed by atoms with van der Waals surface area (Å²) < 4.78 is 0. The van der Waals surface area contributed by atoms with E-state index < -0.39 is 0 Å². The lowest BCUT2D eigenvalue weighted by Gasteiger charge is -2.27. The van der Waals surface area contributed by atoms with Gasteiger partial charge >= 0.3 is 0 Å². The molecule has 0 spiro atoms. The molecule has 0 bridgehead atoms. The number of hydrogen-bond donors (Lipinski definition) is 0. The van der Waals surface area contributed by atoms with Crippen molar-refractivity contribution < 1.29 is 0 Å². The van der Waals surface area contributed by atoms with Crippen molar-refractivity contribution in [1.29, 1.82) is 0 Å². The van der Waals surface area contributed by atoms with Crippen molar-refractivity contribution in [1.82, 2.24) is 0 Å². The van der Waals surface area contributed by atoms with Crippen LogP contribution in [0.5, 0.6) is 0 Å². The Hall–Kier alpha value is -1.56. The van der Waals surface area contributed by atoms with Gasteiger partial charge in [0.1, 0.15) is 0 Å². The molecule has 0 radical (unpaired) electrons. The molecule has 4 rings (SSSR count). The van der Waals surface area contributed by atoms with Crippen molar-refractivity contribution in [3.05, 3.63) is 59.7 Å². The number of rotatable bonds is 3. The van der Waals surface area contributed by atoms with Crippen molar-refractivity contribution in [2.45, 2.75) is 105 Å². The molecule has 2 aliphatic rings. The second-order valence-corrected chi connectivity index (χ2v) is 9.16. The van der Waals surface area contributed by atoms with Gasteiger partial charge < -0.3 is 0 Å². The van der Waals surface area contributed by atoms with Crippen molar-refractivity contribution >= 4 is 0 Å². The van der Waals surface area contributed by atoms with Gasteiger partial charge in [0, 0.05) is 0 Å². The Bertz CT molecular complexity index is 614. The van der Waals surface area contributed by atoms with Gasteiger partial charge in [-0.15, -0.1) is 0 Å². The average molecular weight is 407 g/mol. The smallest absolute Gasteiger partial charge is 0.0162 e. The van der Waals surface area contributed by atoms with Gasteiger partial charge in [0.2, 0.25) is 0 Å². The summed E-state index contributed by atoms with van der Waals surface area (Å²) in [5.74, 6) is 3.43. The molecule has 2 fully saturated rings. The van der Waals surface area contributed by atoms with Crippen LogP contribution in [0.25, 0.3) is 11.1 Å². The lowest BCUT2D eigenvalue weighted by Crippen LogP contribution is -2.10. The fourth-order valence-electron chi connectivity index (χ4n) is 5.08. The van der Waals surface area contributed by atoms with Gasteiger partial charge in [0.05, 0.1) is 0 Å². The number of benzene rings is 2. The molecule has 0 heteroatoms. The summed E-state index contributed by atoms with van der Waals surface area (Å²) in [5, 5.41) is 0. The Morgan fingerprint density at radius 3 is 0.967 bits per heavy atom. The predicted molar refractivity (Wildman–Crippen MR) is 135 cm³/mol. The van der Waals surface area contributed by atoms with E-state index in [9.17, 15) is 0 Å². The van der Waals surface area contributed by atoms with Crippen LogP contribution in [0.2, 0.25) is 0 Å². The second kappa shape index (κ2) is 13.0. The van der Waals surface area contributed by atoms with Crippen LogP contribution in [0.4, 0.5) is 0 Å². The van der Waals surface area contributed by atoms with Gasteiger partial charge in [0.15, 0.2) is 0 Å². The highest BCUT2D eigenvalue weighted by Crippen LogP contribution is 2.37. The fourth-order valence-corrected chi connectivity index (χ4v) is 5.08. The highest BCUT2D eigenvalue weighted by Gasteiger charge is 2.20. The highest BCUT2D eigenvalue weighted by atomic mass is 14.3. The molecule has 0 atom stereocenters. The summed E-state index contributed by atoms with van der Waals surface area (Å²) in [6, 6.07) is 18.9. The minimum atomic E-state index is 0.788. The monoisotopic (exact) mass is 406 g/mol. The molecule has 0 amide bonds. The first-order valence-electron chi connectivity index (χ1n) is 12.9. The summed E-state index contributed by atoms with van der Waals surface area (Å²) in [4.78, 5) is 0. The molecule has 2 aromatic carbocycles. The fraction of sp³-hybridized carbons (Fsp3) is 0.600. The van der Waals surface area contributed by atoms with E-state index in [1.807, 2.05) is 27.7 Å². The Kier molecular flexibility index (Phi) is 10.7. The molecule has 166 valence electrons. The Balaban J connectivity index is 0.000000757. The van der Waals surface area contributed by atoms with Crippen LogP contribution in [0.1, 0.15) is 116 Å². The molecule has 0 unspecified atom stereocenters. The lowest BCUT2D eigenvalue weighted by atomic mass is 9.79. The lowest BCUT2D eigenvalue weighted by molar-refractivity contribution is 0.348. The van der Waals surface area contributed by atoms with E-state index in [0.29, 0.717) is 0 Å². The van der Waals surface area contributed by atoms with E-state index in [2.05, 4.69) is 62.4 Å². The van der Waals surface area contributed by atoms with E-state index >= 15 is 0 Å². The maximum atomic E-state index is 2.40. The van der Waals surface area contributed by atoms with Gasteiger partial charge in [-0.1, -0.05) is 116 Å². The van der Waals surface area contributed by atoms with Crippen LogP contribution in [0.3, 0.4) is 0 Å². The van der Waals surface area contributed by atoms with Crippen molar-refractivity contribution in [2.24, 2.45) is 11.8 Å². The van der Waals surface area contributed by atoms with Gasteiger partial charge in [-0.25, -0.2) is 0 Å². The largest absolute Gasteiger partial charge is 0.0683 e. The SMILES string of the molecule is CC.CC.CC1CCC(c2ccc(-c3ccc(C4CCC(C)CC4)cc3)cc2)CC1. The summed E-state index contributed by atoms with van der Waals surface area (Å²) in [6.45, 7) is 12.8. The third-order valence-electron chi connectivity index (χ3n) is 7.13. The molecule has 0 saturated heterocycles. The van der Waals surface area contributed by atoms with E-state index in [1.165, 1.54) is 62.5 Å². The minimum Gasteiger partial charge on any atom is -0.0683 e. The summed E-state index contributed by atoms with van der Waals surface area (Å²) in [5.41, 5.74) is 5.82. The molecular weight excluding hydrogens is 360 g/mol. The van der Waals surface area contributed by atoms with Gasteiger partial charge in [-0.2, -0.15) is 0 Å². The predicted octanol–water partition coefficient (Wildman–Crippen LogP) is 9.99. The molecule has 0 aliphatic heterocycles. The molecule has 0 aromatic heterocycles. The zero-order chi connectivity index (χ0) is 21.9. The Morgan fingerprint density at radius 1 is 0.433 bits per heavy atom. The van der Waals surface area contributed by atoms with Crippen LogP contribution in [-0.2, 0) is 0 Å². The first-order valence-corrected chi connectivity index (χ1v) is 12.9. The Morgan fingerprint density at radius 2 is 0.700 bits per heavy atom. The first kappa shape index (κ1) is 24.7. The zero-order valence-corrected chi connectivity index (χ0v) is 20.6. The summed E-state index contributed by atoms with van der Waals surface area (Å²) in [7, 11) is 0. The van der Waals surface area contributed by atoms with Crippen LogP contribution in [0, 0.1) is 11.8 Å². The third kappa shape index (κ3) is 6.73. The van der Waals surface area contributed by atoms with E-state index in [0.717, 1.165) is 23.7 Å². The molecule has 30 heavy (non-hydrogen) atoms. The topological polar surface area (TPSA) is 0 Å². The van der Waals surface area contributed by atoms with Crippen LogP contribution in [0.15, 0.2) is 48.5 Å². The zero-order valence-electron chi connectivity index (χ0n) is 20.6. The second-order valence-electron chi connectivity index (χ2n) is 9.16. The minimum absolute atomic E-state index is 0.788. The van der Waals surface area contributed by atoms with Crippen molar-refractivity contribution in [3.8, 4) is 11.1 Å². The summed E-state index contributed by atoms with van der Waals surface area (Å²) >= 11 is 0. The Labute approximate surface area is 187 Å². The van der Waals surface area contributed by atoms with Crippen molar-refractivity contribution in [3.63, 3.8) is 0 Å². The van der Waals surface area contributed by atoms with Crippen LogP contribution >= 0.6 is 0 Å². The molecule has 0 nitrogen and oxygen atoms in total. The molecule has 0 N–H and O–H groups in total.